The first-order valence-corrected chi connectivity index (χ1v) is 6.16. The van der Waals surface area contributed by atoms with Crippen molar-refractivity contribution in [3.05, 3.63) is 29.8 Å². The molecular weight excluding hydrogens is 282 g/mol. The lowest BCUT2D eigenvalue weighted by molar-refractivity contribution is 0.0950. The molecule has 0 aromatic heterocycles. The topological polar surface area (TPSA) is 70.7 Å². The van der Waals surface area contributed by atoms with E-state index in [1.54, 1.807) is 36.3 Å². The fourth-order valence-electron chi connectivity index (χ4n) is 1.86. The van der Waals surface area contributed by atoms with Crippen molar-refractivity contribution in [1.82, 2.24) is 15.5 Å². The van der Waals surface area contributed by atoms with Crippen molar-refractivity contribution in [3.8, 4) is 5.75 Å². The molecule has 1 saturated heterocycles. The van der Waals surface area contributed by atoms with Gasteiger partial charge in [0.05, 0.1) is 7.11 Å². The number of methoxy groups -OCH3 is 1. The van der Waals surface area contributed by atoms with Crippen LogP contribution in [-0.2, 0) is 0 Å². The fraction of sp³-hybridized carbons (Fsp3) is 0.385. The molecule has 2 N–H and O–H groups in total. The summed E-state index contributed by atoms with van der Waals surface area (Å²) in [5, 5.41) is 5.53. The first-order valence-electron chi connectivity index (χ1n) is 6.16. The van der Waals surface area contributed by atoms with Crippen LogP contribution in [0.25, 0.3) is 0 Å². The largest absolute Gasteiger partial charge is 0.497 e. The van der Waals surface area contributed by atoms with Gasteiger partial charge in [-0.15, -0.1) is 12.4 Å². The summed E-state index contributed by atoms with van der Waals surface area (Å²) in [4.78, 5) is 25.4. The molecule has 1 aromatic carbocycles. The van der Waals surface area contributed by atoms with E-state index >= 15 is 0 Å². The number of nitrogens with zero attached hydrogens (tertiary/aromatic N) is 1. The third kappa shape index (κ3) is 4.11. The first kappa shape index (κ1) is 16.3. The lowest BCUT2D eigenvalue weighted by atomic mass is 10.2. The number of hydrogen-bond donors (Lipinski definition) is 2. The molecule has 110 valence electrons. The quantitative estimate of drug-likeness (QED) is 0.850. The average molecular weight is 300 g/mol. The third-order valence-corrected chi connectivity index (χ3v) is 2.98. The van der Waals surface area contributed by atoms with Crippen molar-refractivity contribution in [3.63, 3.8) is 0 Å². The van der Waals surface area contributed by atoms with E-state index in [1.165, 1.54) is 0 Å². The van der Waals surface area contributed by atoms with Crippen LogP contribution in [0.1, 0.15) is 10.4 Å². The summed E-state index contributed by atoms with van der Waals surface area (Å²) in [5.41, 5.74) is 0.435. The van der Waals surface area contributed by atoms with Gasteiger partial charge >= 0.3 is 6.03 Å². The molecule has 3 amide bonds. The van der Waals surface area contributed by atoms with E-state index in [-0.39, 0.29) is 18.4 Å². The Morgan fingerprint density at radius 1 is 1.20 bits per heavy atom. The molecule has 2 rings (SSSR count). The van der Waals surface area contributed by atoms with Gasteiger partial charge in [0.25, 0.3) is 5.91 Å². The molecule has 0 aliphatic carbocycles. The second-order valence-electron chi connectivity index (χ2n) is 4.22. The van der Waals surface area contributed by atoms with Gasteiger partial charge in [0.2, 0.25) is 0 Å². The van der Waals surface area contributed by atoms with E-state index < -0.39 is 5.91 Å². The number of halogens is 1. The molecule has 20 heavy (non-hydrogen) atoms. The van der Waals surface area contributed by atoms with Crippen molar-refractivity contribution in [2.24, 2.45) is 0 Å². The highest BCUT2D eigenvalue weighted by Crippen LogP contribution is 2.11. The molecule has 6 nitrogen and oxygen atoms in total. The van der Waals surface area contributed by atoms with Crippen LogP contribution in [0.4, 0.5) is 4.79 Å². The molecule has 1 aliphatic heterocycles. The average Bonchev–Trinajstić information content (AvgIpc) is 2.48. The van der Waals surface area contributed by atoms with E-state index in [9.17, 15) is 9.59 Å². The number of carbonyl (C=O) groups is 2. The summed E-state index contributed by atoms with van der Waals surface area (Å²) in [7, 11) is 1.56. The molecular formula is C13H18ClN3O3. The fourth-order valence-corrected chi connectivity index (χ4v) is 1.86. The molecule has 0 unspecified atom stereocenters. The Hall–Kier alpha value is -1.79. The Bertz CT molecular complexity index is 458. The summed E-state index contributed by atoms with van der Waals surface area (Å²) >= 11 is 0. The SMILES string of the molecule is COc1ccc(C(=O)NC(=O)N2CCNCC2)cc1.Cl. The van der Waals surface area contributed by atoms with Crippen LogP contribution in [0, 0.1) is 0 Å². The molecule has 1 fully saturated rings. The molecule has 0 spiro atoms. The van der Waals surface area contributed by atoms with Crippen molar-refractivity contribution >= 4 is 24.3 Å². The summed E-state index contributed by atoms with van der Waals surface area (Å²) in [5.74, 6) is 0.274. The number of imide groups is 1. The minimum atomic E-state index is -0.397. The molecule has 0 atom stereocenters. The second kappa shape index (κ2) is 7.72. The number of amides is 3. The van der Waals surface area contributed by atoms with E-state index in [0.717, 1.165) is 13.1 Å². The van der Waals surface area contributed by atoms with E-state index in [2.05, 4.69) is 10.6 Å². The number of piperazine rings is 1. The van der Waals surface area contributed by atoms with Gasteiger partial charge in [-0.3, -0.25) is 10.1 Å². The number of benzene rings is 1. The van der Waals surface area contributed by atoms with Crippen molar-refractivity contribution in [2.75, 3.05) is 33.3 Å². The van der Waals surface area contributed by atoms with Crippen LogP contribution in [0.3, 0.4) is 0 Å². The van der Waals surface area contributed by atoms with Gasteiger partial charge in [-0.25, -0.2) is 4.79 Å². The summed E-state index contributed by atoms with van der Waals surface area (Å²) in [6.45, 7) is 2.73. The van der Waals surface area contributed by atoms with E-state index in [4.69, 9.17) is 4.74 Å². The molecule has 1 aliphatic rings. The number of nitrogens with one attached hydrogen (secondary N) is 2. The summed E-state index contributed by atoms with van der Waals surface area (Å²) in [6.07, 6.45) is 0. The van der Waals surface area contributed by atoms with Gasteiger partial charge in [-0.05, 0) is 24.3 Å². The van der Waals surface area contributed by atoms with Crippen LogP contribution < -0.4 is 15.4 Å². The lowest BCUT2D eigenvalue weighted by Gasteiger charge is -2.27. The molecule has 7 heteroatoms. The van der Waals surface area contributed by atoms with Gasteiger partial charge in [0, 0.05) is 31.7 Å². The van der Waals surface area contributed by atoms with Crippen molar-refractivity contribution in [2.45, 2.75) is 0 Å². The zero-order valence-corrected chi connectivity index (χ0v) is 12.0. The number of ether oxygens (including phenoxy) is 1. The highest BCUT2D eigenvalue weighted by Gasteiger charge is 2.18. The van der Waals surface area contributed by atoms with Crippen molar-refractivity contribution in [1.29, 1.82) is 0 Å². The number of carbonyl (C=O) groups excluding carboxylic acids is 2. The first-order chi connectivity index (χ1) is 9.20. The Kier molecular flexibility index (Phi) is 6.27. The molecule has 1 heterocycles. The minimum absolute atomic E-state index is 0. The lowest BCUT2D eigenvalue weighted by Crippen LogP contribution is -2.51. The summed E-state index contributed by atoms with van der Waals surface area (Å²) in [6, 6.07) is 6.27. The predicted molar refractivity (Wildman–Crippen MR) is 77.5 cm³/mol. The smallest absolute Gasteiger partial charge is 0.324 e. The van der Waals surface area contributed by atoms with E-state index in [1.807, 2.05) is 0 Å². The van der Waals surface area contributed by atoms with Crippen LogP contribution >= 0.6 is 12.4 Å². The van der Waals surface area contributed by atoms with Gasteiger partial charge < -0.3 is 15.0 Å². The number of urea groups is 1. The normalized spacial score (nSPS) is 14.2. The molecule has 0 saturated carbocycles. The Morgan fingerprint density at radius 2 is 1.80 bits per heavy atom. The minimum Gasteiger partial charge on any atom is -0.497 e. The molecule has 0 bridgehead atoms. The maximum Gasteiger partial charge on any atom is 0.324 e. The molecule has 0 radical (unpaired) electrons. The predicted octanol–water partition coefficient (Wildman–Crippen LogP) is 0.872. The summed E-state index contributed by atoms with van der Waals surface area (Å²) < 4.78 is 5.01. The second-order valence-corrected chi connectivity index (χ2v) is 4.22. The van der Waals surface area contributed by atoms with Gasteiger partial charge in [-0.2, -0.15) is 0 Å². The van der Waals surface area contributed by atoms with Gasteiger partial charge in [-0.1, -0.05) is 0 Å². The zero-order chi connectivity index (χ0) is 13.7. The van der Waals surface area contributed by atoms with Crippen LogP contribution in [0.2, 0.25) is 0 Å². The van der Waals surface area contributed by atoms with E-state index in [0.29, 0.717) is 24.4 Å². The highest BCUT2D eigenvalue weighted by atomic mass is 35.5. The van der Waals surface area contributed by atoms with Crippen LogP contribution in [0.5, 0.6) is 5.75 Å². The monoisotopic (exact) mass is 299 g/mol. The number of hydrogen-bond acceptors (Lipinski definition) is 4. The molecule has 1 aromatic rings. The van der Waals surface area contributed by atoms with Gasteiger partial charge in [0.1, 0.15) is 5.75 Å². The van der Waals surface area contributed by atoms with Crippen molar-refractivity contribution < 1.29 is 14.3 Å². The Balaban J connectivity index is 0.00000200. The Labute approximate surface area is 123 Å². The Morgan fingerprint density at radius 3 is 2.35 bits per heavy atom. The van der Waals surface area contributed by atoms with Crippen LogP contribution in [-0.4, -0.2) is 50.1 Å². The third-order valence-electron chi connectivity index (χ3n) is 2.98. The highest BCUT2D eigenvalue weighted by molar-refractivity contribution is 6.04. The standard InChI is InChI=1S/C13H17N3O3.ClH/c1-19-11-4-2-10(3-5-11)12(17)15-13(18)16-8-6-14-7-9-16;/h2-5,14H,6-9H2,1H3,(H,15,17,18);1H. The number of rotatable bonds is 2. The van der Waals surface area contributed by atoms with Gasteiger partial charge in [0.15, 0.2) is 0 Å². The maximum absolute atomic E-state index is 11.9. The zero-order valence-electron chi connectivity index (χ0n) is 11.2. The van der Waals surface area contributed by atoms with Crippen LogP contribution in [0.15, 0.2) is 24.3 Å². The maximum atomic E-state index is 11.9.